The zero-order chi connectivity index (χ0) is 13.7. The van der Waals surface area contributed by atoms with Crippen molar-refractivity contribution >= 4 is 21.6 Å². The Labute approximate surface area is 122 Å². The van der Waals surface area contributed by atoms with E-state index in [1.54, 1.807) is 0 Å². The molecule has 2 aromatic rings. The Balaban J connectivity index is 2.13. The summed E-state index contributed by atoms with van der Waals surface area (Å²) in [6, 6.07) is 14.4. The molecule has 0 radical (unpaired) electrons. The van der Waals surface area contributed by atoms with Gasteiger partial charge in [-0.15, -0.1) is 0 Å². The summed E-state index contributed by atoms with van der Waals surface area (Å²) < 4.78 is 6.78. The zero-order valence-corrected chi connectivity index (χ0v) is 12.8. The summed E-state index contributed by atoms with van der Waals surface area (Å²) in [7, 11) is 0. The zero-order valence-electron chi connectivity index (χ0n) is 11.2. The minimum Gasteiger partial charge on any atom is -0.492 e. The molecule has 0 spiro atoms. The van der Waals surface area contributed by atoms with E-state index in [0.717, 1.165) is 22.5 Å². The van der Waals surface area contributed by atoms with Crippen LogP contribution in [0.25, 0.3) is 0 Å². The fourth-order valence-corrected chi connectivity index (χ4v) is 2.31. The normalized spacial score (nSPS) is 10.3. The van der Waals surface area contributed by atoms with E-state index in [-0.39, 0.29) is 0 Å². The van der Waals surface area contributed by atoms with E-state index < -0.39 is 0 Å². The monoisotopic (exact) mass is 319 g/mol. The van der Waals surface area contributed by atoms with E-state index >= 15 is 0 Å². The first-order chi connectivity index (χ1) is 9.20. The number of ether oxygens (including phenoxy) is 1. The van der Waals surface area contributed by atoms with Crippen LogP contribution in [0.4, 0.5) is 5.69 Å². The second-order valence-corrected chi connectivity index (χ2v) is 5.23. The minimum absolute atomic E-state index is 0.674. The van der Waals surface area contributed by atoms with Gasteiger partial charge in [0, 0.05) is 11.0 Å². The molecule has 19 heavy (non-hydrogen) atoms. The topological polar surface area (TPSA) is 21.3 Å². The van der Waals surface area contributed by atoms with E-state index in [2.05, 4.69) is 58.5 Å². The maximum absolute atomic E-state index is 5.66. The van der Waals surface area contributed by atoms with Gasteiger partial charge in [-0.25, -0.2) is 0 Å². The van der Waals surface area contributed by atoms with Crippen LogP contribution in [0.3, 0.4) is 0 Å². The molecule has 0 atom stereocenters. The third-order valence-electron chi connectivity index (χ3n) is 2.86. The van der Waals surface area contributed by atoms with E-state index in [0.29, 0.717) is 6.61 Å². The highest BCUT2D eigenvalue weighted by molar-refractivity contribution is 9.10. The summed E-state index contributed by atoms with van der Waals surface area (Å²) in [5.74, 6) is 0.912. The summed E-state index contributed by atoms with van der Waals surface area (Å²) in [6.45, 7) is 5.51. The molecule has 100 valence electrons. The van der Waals surface area contributed by atoms with Crippen molar-refractivity contribution in [3.8, 4) is 5.75 Å². The third kappa shape index (κ3) is 3.74. The van der Waals surface area contributed by atoms with E-state index in [1.165, 1.54) is 11.1 Å². The van der Waals surface area contributed by atoms with E-state index in [9.17, 15) is 0 Å². The molecule has 2 aromatic carbocycles. The Morgan fingerprint density at radius 2 is 1.95 bits per heavy atom. The number of halogens is 1. The molecule has 1 N–H and O–H groups in total. The van der Waals surface area contributed by atoms with Crippen molar-refractivity contribution in [3.05, 3.63) is 58.1 Å². The van der Waals surface area contributed by atoms with Crippen LogP contribution >= 0.6 is 15.9 Å². The predicted octanol–water partition coefficient (Wildman–Crippen LogP) is 4.77. The Bertz CT molecular complexity index is 554. The molecule has 0 bridgehead atoms. The first-order valence-electron chi connectivity index (χ1n) is 6.41. The molecule has 0 aliphatic carbocycles. The van der Waals surface area contributed by atoms with Gasteiger partial charge in [-0.3, -0.25) is 0 Å². The molecule has 0 saturated carbocycles. The Morgan fingerprint density at radius 3 is 2.68 bits per heavy atom. The molecule has 0 amide bonds. The van der Waals surface area contributed by atoms with Crippen LogP contribution < -0.4 is 10.1 Å². The highest BCUT2D eigenvalue weighted by Gasteiger charge is 2.04. The fourth-order valence-electron chi connectivity index (χ4n) is 1.88. The quantitative estimate of drug-likeness (QED) is 0.857. The van der Waals surface area contributed by atoms with Crippen molar-refractivity contribution in [1.29, 1.82) is 0 Å². The smallest absolute Gasteiger partial charge is 0.142 e. The van der Waals surface area contributed by atoms with Crippen molar-refractivity contribution in [3.63, 3.8) is 0 Å². The van der Waals surface area contributed by atoms with Crippen LogP contribution in [0.2, 0.25) is 0 Å². The van der Waals surface area contributed by atoms with Gasteiger partial charge in [0.1, 0.15) is 5.75 Å². The number of hydrogen-bond acceptors (Lipinski definition) is 2. The van der Waals surface area contributed by atoms with Crippen LogP contribution in [0.15, 0.2) is 46.9 Å². The van der Waals surface area contributed by atoms with Crippen LogP contribution in [-0.2, 0) is 6.54 Å². The number of rotatable bonds is 5. The molecule has 0 saturated heterocycles. The van der Waals surface area contributed by atoms with Crippen molar-refractivity contribution in [2.45, 2.75) is 20.4 Å². The average molecular weight is 320 g/mol. The lowest BCUT2D eigenvalue weighted by molar-refractivity contribution is 0.341. The van der Waals surface area contributed by atoms with Crippen molar-refractivity contribution in [2.24, 2.45) is 0 Å². The third-order valence-corrected chi connectivity index (χ3v) is 3.64. The number of nitrogens with one attached hydrogen (secondary N) is 1. The van der Waals surface area contributed by atoms with Crippen LogP contribution in [0.5, 0.6) is 5.75 Å². The summed E-state index contributed by atoms with van der Waals surface area (Å²) in [6.07, 6.45) is 0. The lowest BCUT2D eigenvalue weighted by Gasteiger charge is -2.13. The van der Waals surface area contributed by atoms with Crippen molar-refractivity contribution in [2.75, 3.05) is 11.9 Å². The second kappa shape index (κ2) is 6.62. The summed E-state index contributed by atoms with van der Waals surface area (Å²) >= 11 is 3.56. The molecule has 2 rings (SSSR count). The first-order valence-corrected chi connectivity index (χ1v) is 7.20. The number of hydrogen-bond donors (Lipinski definition) is 1. The summed E-state index contributed by atoms with van der Waals surface area (Å²) in [5.41, 5.74) is 3.46. The van der Waals surface area contributed by atoms with Gasteiger partial charge in [0.2, 0.25) is 0 Å². The van der Waals surface area contributed by atoms with Gasteiger partial charge in [-0.05, 0) is 43.2 Å². The minimum atomic E-state index is 0.674. The largest absolute Gasteiger partial charge is 0.492 e. The van der Waals surface area contributed by atoms with Gasteiger partial charge in [-0.1, -0.05) is 40.2 Å². The number of benzene rings is 2. The van der Waals surface area contributed by atoms with Gasteiger partial charge in [0.05, 0.1) is 12.3 Å². The summed E-state index contributed by atoms with van der Waals surface area (Å²) in [4.78, 5) is 0. The maximum Gasteiger partial charge on any atom is 0.142 e. The molecule has 0 heterocycles. The van der Waals surface area contributed by atoms with Gasteiger partial charge in [0.25, 0.3) is 0 Å². The Kier molecular flexibility index (Phi) is 4.86. The van der Waals surface area contributed by atoms with E-state index in [1.807, 2.05) is 19.1 Å². The highest BCUT2D eigenvalue weighted by atomic mass is 79.9. The standard InChI is InChI=1S/C16H18BrNO/c1-3-19-16-10-12(2)8-9-15(16)18-11-13-6-4-5-7-14(13)17/h4-10,18H,3,11H2,1-2H3. The van der Waals surface area contributed by atoms with E-state index in [4.69, 9.17) is 4.74 Å². The average Bonchev–Trinajstić information content (AvgIpc) is 2.40. The molecule has 0 fully saturated rings. The first kappa shape index (κ1) is 13.9. The van der Waals surface area contributed by atoms with Gasteiger partial charge in [-0.2, -0.15) is 0 Å². The Hall–Kier alpha value is -1.48. The van der Waals surface area contributed by atoms with Crippen molar-refractivity contribution in [1.82, 2.24) is 0 Å². The number of anilines is 1. The second-order valence-electron chi connectivity index (χ2n) is 4.38. The molecule has 0 aromatic heterocycles. The van der Waals surface area contributed by atoms with Crippen molar-refractivity contribution < 1.29 is 4.74 Å². The molecular formula is C16H18BrNO. The van der Waals surface area contributed by atoms with Gasteiger partial charge in [0.15, 0.2) is 0 Å². The van der Waals surface area contributed by atoms with Crippen LogP contribution in [0.1, 0.15) is 18.1 Å². The van der Waals surface area contributed by atoms with Crippen LogP contribution in [-0.4, -0.2) is 6.61 Å². The molecular weight excluding hydrogens is 302 g/mol. The SMILES string of the molecule is CCOc1cc(C)ccc1NCc1ccccc1Br. The molecule has 0 aliphatic rings. The molecule has 0 unspecified atom stereocenters. The maximum atomic E-state index is 5.66. The predicted molar refractivity (Wildman–Crippen MR) is 83.8 cm³/mol. The molecule has 0 aliphatic heterocycles. The lowest BCUT2D eigenvalue weighted by atomic mass is 10.2. The highest BCUT2D eigenvalue weighted by Crippen LogP contribution is 2.27. The number of aryl methyl sites for hydroxylation is 1. The lowest BCUT2D eigenvalue weighted by Crippen LogP contribution is -2.03. The van der Waals surface area contributed by atoms with Gasteiger partial charge >= 0.3 is 0 Å². The summed E-state index contributed by atoms with van der Waals surface area (Å²) in [5, 5.41) is 3.43. The van der Waals surface area contributed by atoms with Gasteiger partial charge < -0.3 is 10.1 Å². The molecule has 3 heteroatoms. The Morgan fingerprint density at radius 1 is 1.16 bits per heavy atom. The molecule has 2 nitrogen and oxygen atoms in total. The fraction of sp³-hybridized carbons (Fsp3) is 0.250. The van der Waals surface area contributed by atoms with Crippen LogP contribution in [0, 0.1) is 6.92 Å².